The van der Waals surface area contributed by atoms with Crippen molar-refractivity contribution in [2.45, 2.75) is 33.7 Å². The molecule has 3 rings (SSSR count). The summed E-state index contributed by atoms with van der Waals surface area (Å²) in [4.78, 5) is 12.0. The fourth-order valence-electron chi connectivity index (χ4n) is 2.70. The average molecular weight is 483 g/mol. The Morgan fingerprint density at radius 1 is 1.23 bits per heavy atom. The van der Waals surface area contributed by atoms with E-state index >= 15 is 0 Å². The molecule has 2 N–H and O–H groups in total. The Morgan fingerprint density at radius 2 is 2.08 bits per heavy atom. The van der Waals surface area contributed by atoms with Crippen molar-refractivity contribution in [1.82, 2.24) is 20.0 Å². The lowest BCUT2D eigenvalue weighted by atomic mass is 10.3. The van der Waals surface area contributed by atoms with Crippen LogP contribution in [0.1, 0.15) is 27.9 Å². The summed E-state index contributed by atoms with van der Waals surface area (Å²) in [5.41, 5.74) is 3.32. The van der Waals surface area contributed by atoms with Gasteiger partial charge in [0.25, 0.3) is 0 Å². The van der Waals surface area contributed by atoms with Crippen molar-refractivity contribution in [2.75, 3.05) is 13.1 Å². The van der Waals surface area contributed by atoms with E-state index in [4.69, 9.17) is 4.98 Å². The van der Waals surface area contributed by atoms with Gasteiger partial charge in [-0.1, -0.05) is 6.07 Å². The lowest BCUT2D eigenvalue weighted by Crippen LogP contribution is -2.38. The highest BCUT2D eigenvalue weighted by Gasteiger charge is 2.04. The van der Waals surface area contributed by atoms with Crippen LogP contribution in [0.5, 0.6) is 0 Å². The number of nitrogens with one attached hydrogen (secondary N) is 2. The number of aliphatic imine (C=N–C) groups is 1. The van der Waals surface area contributed by atoms with Crippen molar-refractivity contribution in [3.63, 3.8) is 0 Å². The zero-order valence-electron chi connectivity index (χ0n) is 15.5. The van der Waals surface area contributed by atoms with Gasteiger partial charge < -0.3 is 15.0 Å². The summed E-state index contributed by atoms with van der Waals surface area (Å²) in [5.74, 6) is 0.855. The predicted octanol–water partition coefficient (Wildman–Crippen LogP) is 3.93. The fraction of sp³-hybridized carbons (Fsp3) is 0.368. The van der Waals surface area contributed by atoms with Gasteiger partial charge in [-0.05, 0) is 44.5 Å². The minimum Gasteiger partial charge on any atom is -0.357 e. The Hall–Kier alpha value is -1.61. The molecule has 26 heavy (non-hydrogen) atoms. The molecule has 0 amide bonds. The molecule has 0 radical (unpaired) electrons. The van der Waals surface area contributed by atoms with Gasteiger partial charge in [-0.15, -0.1) is 35.3 Å². The molecule has 0 aromatic carbocycles. The third-order valence-corrected chi connectivity index (χ3v) is 4.92. The number of aromatic nitrogens is 2. The first-order chi connectivity index (χ1) is 12.2. The lowest BCUT2D eigenvalue weighted by Gasteiger charge is -2.10. The summed E-state index contributed by atoms with van der Waals surface area (Å²) in [6.45, 7) is 8.66. The number of nitrogens with zero attached hydrogens (tertiary/aromatic N) is 3. The summed E-state index contributed by atoms with van der Waals surface area (Å²) in [7, 11) is 0. The number of hydrogen-bond donors (Lipinski definition) is 2. The predicted molar refractivity (Wildman–Crippen MR) is 121 cm³/mol. The molecule has 0 aliphatic heterocycles. The molecule has 0 spiro atoms. The topological polar surface area (TPSA) is 53.7 Å². The fourth-order valence-corrected chi connectivity index (χ4v) is 3.52. The summed E-state index contributed by atoms with van der Waals surface area (Å²) >= 11 is 1.80. The second-order valence-electron chi connectivity index (χ2n) is 6.04. The van der Waals surface area contributed by atoms with Gasteiger partial charge in [0.15, 0.2) is 5.96 Å². The number of rotatable bonds is 6. The molecule has 0 unspecified atom stereocenters. The monoisotopic (exact) mass is 483 g/mol. The number of imidazole rings is 1. The first-order valence-electron chi connectivity index (χ1n) is 8.66. The van der Waals surface area contributed by atoms with E-state index in [1.54, 1.807) is 11.3 Å². The van der Waals surface area contributed by atoms with E-state index in [1.165, 1.54) is 15.3 Å². The Balaban J connectivity index is 0.00000243. The molecular formula is C19H26IN5S. The maximum absolute atomic E-state index is 4.72. The van der Waals surface area contributed by atoms with Crippen LogP contribution in [0.15, 0.2) is 41.7 Å². The van der Waals surface area contributed by atoms with E-state index in [2.05, 4.69) is 65.2 Å². The molecule has 0 aliphatic carbocycles. The SMILES string of the molecule is CCNC(=NCc1ccc(C)s1)NCCc1cn2cccc(C)c2n1.I. The van der Waals surface area contributed by atoms with Crippen LogP contribution in [0.25, 0.3) is 5.65 Å². The van der Waals surface area contributed by atoms with Gasteiger partial charge in [-0.25, -0.2) is 9.98 Å². The van der Waals surface area contributed by atoms with Crippen LogP contribution >= 0.6 is 35.3 Å². The summed E-state index contributed by atoms with van der Waals surface area (Å²) in [6.07, 6.45) is 5.01. The second-order valence-corrected chi connectivity index (χ2v) is 7.41. The van der Waals surface area contributed by atoms with Crippen LogP contribution in [0, 0.1) is 13.8 Å². The third-order valence-electron chi connectivity index (χ3n) is 3.93. The zero-order valence-corrected chi connectivity index (χ0v) is 18.6. The Labute approximate surface area is 176 Å². The highest BCUT2D eigenvalue weighted by Crippen LogP contribution is 2.15. The first kappa shape index (κ1) is 20.7. The van der Waals surface area contributed by atoms with E-state index < -0.39 is 0 Å². The van der Waals surface area contributed by atoms with Crippen molar-refractivity contribution in [3.8, 4) is 0 Å². The Bertz CT molecular complexity index is 868. The smallest absolute Gasteiger partial charge is 0.191 e. The summed E-state index contributed by atoms with van der Waals surface area (Å²) in [6, 6.07) is 8.42. The molecule has 7 heteroatoms. The van der Waals surface area contributed by atoms with E-state index in [-0.39, 0.29) is 24.0 Å². The summed E-state index contributed by atoms with van der Waals surface area (Å²) < 4.78 is 2.09. The molecule has 3 heterocycles. The molecule has 0 saturated carbocycles. The van der Waals surface area contributed by atoms with Gasteiger partial charge >= 0.3 is 0 Å². The zero-order chi connectivity index (χ0) is 17.6. The number of fused-ring (bicyclic) bond motifs is 1. The highest BCUT2D eigenvalue weighted by molar-refractivity contribution is 14.0. The van der Waals surface area contributed by atoms with Gasteiger partial charge in [-0.3, -0.25) is 0 Å². The molecule has 0 fully saturated rings. The number of hydrogen-bond acceptors (Lipinski definition) is 3. The molecular weight excluding hydrogens is 457 g/mol. The quantitative estimate of drug-likeness (QED) is 0.318. The molecule has 3 aromatic heterocycles. The Morgan fingerprint density at radius 3 is 2.77 bits per heavy atom. The first-order valence-corrected chi connectivity index (χ1v) is 9.48. The van der Waals surface area contributed by atoms with E-state index in [9.17, 15) is 0 Å². The second kappa shape index (κ2) is 9.91. The Kier molecular flexibility index (Phi) is 7.89. The van der Waals surface area contributed by atoms with E-state index in [0.717, 1.165) is 36.8 Å². The molecule has 140 valence electrons. The molecule has 5 nitrogen and oxygen atoms in total. The number of guanidine groups is 1. The van der Waals surface area contributed by atoms with Crippen LogP contribution in [0.3, 0.4) is 0 Å². The van der Waals surface area contributed by atoms with Crippen molar-refractivity contribution < 1.29 is 0 Å². The molecule has 0 aliphatic rings. The number of aryl methyl sites for hydroxylation is 2. The van der Waals surface area contributed by atoms with Gasteiger partial charge in [0.05, 0.1) is 12.2 Å². The van der Waals surface area contributed by atoms with E-state index in [0.29, 0.717) is 6.54 Å². The van der Waals surface area contributed by atoms with Crippen molar-refractivity contribution >= 4 is 46.9 Å². The van der Waals surface area contributed by atoms with Gasteiger partial charge in [-0.2, -0.15) is 0 Å². The van der Waals surface area contributed by atoms with Crippen molar-refractivity contribution in [1.29, 1.82) is 0 Å². The molecule has 0 atom stereocenters. The lowest BCUT2D eigenvalue weighted by molar-refractivity contribution is 0.792. The third kappa shape index (κ3) is 5.44. The normalized spacial score (nSPS) is 11.4. The number of pyridine rings is 1. The minimum absolute atomic E-state index is 0. The number of halogens is 1. The van der Waals surface area contributed by atoms with Crippen molar-refractivity contribution in [2.24, 2.45) is 4.99 Å². The van der Waals surface area contributed by atoms with Crippen LogP contribution in [-0.4, -0.2) is 28.4 Å². The minimum atomic E-state index is 0. The van der Waals surface area contributed by atoms with Gasteiger partial charge in [0.1, 0.15) is 5.65 Å². The van der Waals surface area contributed by atoms with Crippen LogP contribution in [-0.2, 0) is 13.0 Å². The molecule has 3 aromatic rings. The van der Waals surface area contributed by atoms with E-state index in [1.807, 2.05) is 12.3 Å². The molecule has 0 bridgehead atoms. The van der Waals surface area contributed by atoms with Crippen LogP contribution in [0.2, 0.25) is 0 Å². The largest absolute Gasteiger partial charge is 0.357 e. The van der Waals surface area contributed by atoms with Crippen LogP contribution in [0.4, 0.5) is 0 Å². The summed E-state index contributed by atoms with van der Waals surface area (Å²) in [5, 5.41) is 6.70. The highest BCUT2D eigenvalue weighted by atomic mass is 127. The van der Waals surface area contributed by atoms with Gasteiger partial charge in [0, 0.05) is 41.7 Å². The maximum atomic E-state index is 4.72. The van der Waals surface area contributed by atoms with Crippen molar-refractivity contribution in [3.05, 3.63) is 57.7 Å². The van der Waals surface area contributed by atoms with Crippen LogP contribution < -0.4 is 10.6 Å². The molecule has 0 saturated heterocycles. The maximum Gasteiger partial charge on any atom is 0.191 e. The average Bonchev–Trinajstić information content (AvgIpc) is 3.19. The standard InChI is InChI=1S/C19H25N5S.HI/c1-4-20-19(22-12-17-8-7-15(3)25-17)21-10-9-16-13-24-11-5-6-14(2)18(24)23-16;/h5-8,11,13H,4,9-10,12H2,1-3H3,(H2,20,21,22);1H. The number of thiophene rings is 1. The van der Waals surface area contributed by atoms with Gasteiger partial charge in [0.2, 0.25) is 0 Å².